The number of anilines is 1. The van der Waals surface area contributed by atoms with Gasteiger partial charge in [-0.3, -0.25) is 14.4 Å². The summed E-state index contributed by atoms with van der Waals surface area (Å²) in [7, 11) is 1.49. The van der Waals surface area contributed by atoms with Crippen LogP contribution in [0.25, 0.3) is 0 Å². The molecule has 0 spiro atoms. The molecule has 0 fully saturated rings. The van der Waals surface area contributed by atoms with Crippen LogP contribution >= 0.6 is 23.2 Å². The van der Waals surface area contributed by atoms with Crippen LogP contribution < -0.4 is 15.4 Å². The third kappa shape index (κ3) is 6.50. The van der Waals surface area contributed by atoms with E-state index in [4.69, 9.17) is 32.7 Å². The lowest BCUT2D eigenvalue weighted by molar-refractivity contribution is -0.153. The van der Waals surface area contributed by atoms with Crippen molar-refractivity contribution in [2.24, 2.45) is 0 Å². The van der Waals surface area contributed by atoms with E-state index in [1.54, 1.807) is 42.5 Å². The first kappa shape index (κ1) is 25.1. The number of amides is 2. The fraction of sp³-hybridized carbons (Fsp3) is 0.160. The van der Waals surface area contributed by atoms with Crippen molar-refractivity contribution >= 4 is 46.7 Å². The highest BCUT2D eigenvalue weighted by Crippen LogP contribution is 2.28. The number of rotatable bonds is 8. The highest BCUT2D eigenvalue weighted by Gasteiger charge is 2.26. The minimum atomic E-state index is -1.25. The first-order chi connectivity index (χ1) is 16.3. The number of carbonyl (C=O) groups is 3. The first-order valence-electron chi connectivity index (χ1n) is 10.2. The van der Waals surface area contributed by atoms with Gasteiger partial charge in [-0.25, -0.2) is 0 Å². The van der Waals surface area contributed by atoms with Crippen LogP contribution in [0.2, 0.25) is 10.0 Å². The van der Waals surface area contributed by atoms with Gasteiger partial charge in [-0.1, -0.05) is 59.6 Å². The predicted octanol–water partition coefficient (Wildman–Crippen LogP) is 4.96. The van der Waals surface area contributed by atoms with Gasteiger partial charge in [-0.15, -0.1) is 0 Å². The topological polar surface area (TPSA) is 93.7 Å². The van der Waals surface area contributed by atoms with Gasteiger partial charge in [0.2, 0.25) is 6.10 Å². The molecule has 1 unspecified atom stereocenters. The molecule has 0 radical (unpaired) electrons. The average molecular weight is 501 g/mol. The van der Waals surface area contributed by atoms with Crippen molar-refractivity contribution in [1.29, 1.82) is 0 Å². The van der Waals surface area contributed by atoms with E-state index in [1.165, 1.54) is 25.3 Å². The second kappa shape index (κ2) is 11.5. The maximum Gasteiger partial charge on any atom is 0.326 e. The zero-order valence-corrected chi connectivity index (χ0v) is 19.9. The normalized spacial score (nSPS) is 11.3. The number of nitrogens with one attached hydrogen (secondary N) is 2. The van der Waals surface area contributed by atoms with Crippen molar-refractivity contribution in [3.05, 3.63) is 93.5 Å². The van der Waals surface area contributed by atoms with Crippen molar-refractivity contribution in [3.63, 3.8) is 0 Å². The Morgan fingerprint density at radius 2 is 1.71 bits per heavy atom. The molecule has 34 heavy (non-hydrogen) atoms. The lowest BCUT2D eigenvalue weighted by atomic mass is 10.1. The summed E-state index contributed by atoms with van der Waals surface area (Å²) in [6.07, 6.45) is -1.25. The molecule has 0 saturated heterocycles. The fourth-order valence-electron chi connectivity index (χ4n) is 3.11. The van der Waals surface area contributed by atoms with Gasteiger partial charge < -0.3 is 20.1 Å². The second-order valence-corrected chi connectivity index (χ2v) is 8.12. The molecular weight excluding hydrogens is 479 g/mol. The van der Waals surface area contributed by atoms with Crippen LogP contribution in [0.4, 0.5) is 5.69 Å². The van der Waals surface area contributed by atoms with Gasteiger partial charge in [0.1, 0.15) is 12.3 Å². The summed E-state index contributed by atoms with van der Waals surface area (Å²) in [5.74, 6) is -1.50. The molecule has 0 bridgehead atoms. The summed E-state index contributed by atoms with van der Waals surface area (Å²) in [6, 6.07) is 18.2. The van der Waals surface area contributed by atoms with Crippen LogP contribution in [-0.4, -0.2) is 31.4 Å². The van der Waals surface area contributed by atoms with E-state index in [0.29, 0.717) is 22.0 Å². The molecule has 9 heteroatoms. The van der Waals surface area contributed by atoms with Gasteiger partial charge in [-0.05, 0) is 42.8 Å². The Balaban J connectivity index is 1.72. The van der Waals surface area contributed by atoms with Crippen LogP contribution in [-0.2, 0) is 14.3 Å². The summed E-state index contributed by atoms with van der Waals surface area (Å²) < 4.78 is 10.8. The molecule has 3 aromatic carbocycles. The summed E-state index contributed by atoms with van der Waals surface area (Å²) >= 11 is 11.9. The summed E-state index contributed by atoms with van der Waals surface area (Å²) in [6.45, 7) is 1.40. The molecule has 3 rings (SSSR count). The number of hydrogen-bond donors (Lipinski definition) is 2. The van der Waals surface area contributed by atoms with E-state index < -0.39 is 30.4 Å². The van der Waals surface area contributed by atoms with Crippen LogP contribution in [0.3, 0.4) is 0 Å². The van der Waals surface area contributed by atoms with Crippen LogP contribution in [0, 0.1) is 6.92 Å². The number of esters is 1. The monoisotopic (exact) mass is 500 g/mol. The molecule has 0 aromatic heterocycles. The van der Waals surface area contributed by atoms with Crippen molar-refractivity contribution in [2.45, 2.75) is 13.0 Å². The van der Waals surface area contributed by atoms with Crippen molar-refractivity contribution < 1.29 is 23.9 Å². The lowest BCUT2D eigenvalue weighted by Crippen LogP contribution is -2.33. The zero-order chi connectivity index (χ0) is 24.7. The Labute approximate surface area is 207 Å². The fourth-order valence-corrected chi connectivity index (χ4v) is 3.61. The zero-order valence-electron chi connectivity index (χ0n) is 18.4. The van der Waals surface area contributed by atoms with Crippen molar-refractivity contribution in [1.82, 2.24) is 5.32 Å². The van der Waals surface area contributed by atoms with Crippen LogP contribution in [0.15, 0.2) is 66.7 Å². The quantitative estimate of drug-likeness (QED) is 0.426. The largest absolute Gasteiger partial charge is 0.495 e. The summed E-state index contributed by atoms with van der Waals surface area (Å²) in [5, 5.41) is 5.71. The minimum absolute atomic E-state index is 0.145. The Kier molecular flexibility index (Phi) is 8.51. The molecule has 7 nitrogen and oxygen atoms in total. The Morgan fingerprint density at radius 1 is 0.971 bits per heavy atom. The average Bonchev–Trinajstić information content (AvgIpc) is 2.81. The van der Waals surface area contributed by atoms with E-state index in [2.05, 4.69) is 10.6 Å². The standard InChI is InChI=1S/C25H22Cl2N2O5/c1-15-8-11-21(33-2)20(12-15)29-25(32)23(16-6-4-3-5-7-16)34-22(30)14-28-24(31)18-10-9-17(26)13-19(18)27/h3-13,23H,14H2,1-2H3,(H,28,31)(H,29,32). The third-order valence-electron chi connectivity index (χ3n) is 4.77. The molecular formula is C25H22Cl2N2O5. The van der Waals surface area contributed by atoms with Crippen molar-refractivity contribution in [2.75, 3.05) is 19.0 Å². The molecule has 0 aliphatic heterocycles. The number of aryl methyl sites for hydroxylation is 1. The molecule has 176 valence electrons. The summed E-state index contributed by atoms with van der Waals surface area (Å²) in [5.41, 5.74) is 1.97. The molecule has 0 aliphatic rings. The number of carbonyl (C=O) groups excluding carboxylic acids is 3. The van der Waals surface area contributed by atoms with E-state index >= 15 is 0 Å². The van der Waals surface area contributed by atoms with Crippen molar-refractivity contribution in [3.8, 4) is 5.75 Å². The number of methoxy groups -OCH3 is 1. The van der Waals surface area contributed by atoms with Crippen LogP contribution in [0.1, 0.15) is 27.6 Å². The highest BCUT2D eigenvalue weighted by molar-refractivity contribution is 6.36. The first-order valence-corrected chi connectivity index (χ1v) is 11.0. The predicted molar refractivity (Wildman–Crippen MR) is 130 cm³/mol. The molecule has 0 aliphatic carbocycles. The number of ether oxygens (including phenoxy) is 2. The Morgan fingerprint density at radius 3 is 2.38 bits per heavy atom. The number of hydrogen-bond acceptors (Lipinski definition) is 5. The van der Waals surface area contributed by atoms with E-state index in [9.17, 15) is 14.4 Å². The van der Waals surface area contributed by atoms with E-state index in [1.807, 2.05) is 13.0 Å². The molecule has 0 saturated carbocycles. The second-order valence-electron chi connectivity index (χ2n) is 7.28. The Hall–Kier alpha value is -3.55. The van der Waals surface area contributed by atoms with E-state index in [-0.39, 0.29) is 10.6 Å². The van der Waals surface area contributed by atoms with Gasteiger partial charge in [0.15, 0.2) is 0 Å². The maximum absolute atomic E-state index is 13.1. The number of halogens is 2. The SMILES string of the molecule is COc1ccc(C)cc1NC(=O)C(OC(=O)CNC(=O)c1ccc(Cl)cc1Cl)c1ccccc1. The maximum atomic E-state index is 13.1. The van der Waals surface area contributed by atoms with Gasteiger partial charge in [0.25, 0.3) is 11.8 Å². The van der Waals surface area contributed by atoms with Crippen LogP contribution in [0.5, 0.6) is 5.75 Å². The van der Waals surface area contributed by atoms with Gasteiger partial charge in [0.05, 0.1) is 23.4 Å². The highest BCUT2D eigenvalue weighted by atomic mass is 35.5. The molecule has 3 aromatic rings. The third-order valence-corrected chi connectivity index (χ3v) is 5.32. The molecule has 2 N–H and O–H groups in total. The minimum Gasteiger partial charge on any atom is -0.495 e. The smallest absolute Gasteiger partial charge is 0.326 e. The summed E-state index contributed by atoms with van der Waals surface area (Å²) in [4.78, 5) is 38.0. The van der Waals surface area contributed by atoms with Gasteiger partial charge in [0, 0.05) is 10.6 Å². The molecule has 0 heterocycles. The van der Waals surface area contributed by atoms with E-state index in [0.717, 1.165) is 5.56 Å². The van der Waals surface area contributed by atoms with Gasteiger partial charge in [-0.2, -0.15) is 0 Å². The molecule has 1 atom stereocenters. The van der Waals surface area contributed by atoms with Gasteiger partial charge >= 0.3 is 5.97 Å². The number of benzene rings is 3. The lowest BCUT2D eigenvalue weighted by Gasteiger charge is -2.19. The Bertz CT molecular complexity index is 1200. The molecule has 2 amide bonds.